The van der Waals surface area contributed by atoms with E-state index in [2.05, 4.69) is 15.9 Å². The van der Waals surface area contributed by atoms with Crippen LogP contribution in [0.2, 0.25) is 0 Å². The third-order valence-electron chi connectivity index (χ3n) is 2.31. The first-order valence-electron chi connectivity index (χ1n) is 5.73. The zero-order valence-electron chi connectivity index (χ0n) is 10.4. The van der Waals surface area contributed by atoms with Gasteiger partial charge >= 0.3 is 5.97 Å². The van der Waals surface area contributed by atoms with E-state index in [1.165, 1.54) is 11.8 Å². The van der Waals surface area contributed by atoms with E-state index in [1.807, 2.05) is 38.1 Å². The van der Waals surface area contributed by atoms with Crippen molar-refractivity contribution in [2.24, 2.45) is 5.92 Å². The summed E-state index contributed by atoms with van der Waals surface area (Å²) in [5.74, 6) is 0.847. The van der Waals surface area contributed by atoms with Crippen LogP contribution in [0, 0.1) is 5.92 Å². The number of rotatable bonds is 7. The van der Waals surface area contributed by atoms with Gasteiger partial charge in [-0.3, -0.25) is 4.79 Å². The van der Waals surface area contributed by atoms with Crippen molar-refractivity contribution in [3.8, 4) is 5.75 Å². The van der Waals surface area contributed by atoms with Crippen molar-refractivity contribution in [3.05, 3.63) is 28.7 Å². The number of ether oxygens (including phenoxy) is 1. The molecule has 0 fully saturated rings. The second-order valence-electron chi connectivity index (χ2n) is 4.18. The van der Waals surface area contributed by atoms with Crippen LogP contribution in [0.1, 0.15) is 13.8 Å². The fourth-order valence-corrected chi connectivity index (χ4v) is 2.64. The number of carbonyl (C=O) groups is 1. The van der Waals surface area contributed by atoms with Gasteiger partial charge in [0.1, 0.15) is 11.0 Å². The molecule has 5 heteroatoms. The van der Waals surface area contributed by atoms with Gasteiger partial charge in [-0.15, -0.1) is 11.8 Å². The summed E-state index contributed by atoms with van der Waals surface area (Å²) in [6.45, 7) is 4.35. The standard InChI is InChI=1S/C13H17BrO3S/c1-9(2)12(13(15)16)18-8-7-17-11-5-3-10(14)4-6-11/h3-6,9,12H,7-8H2,1-2H3,(H,15,16). The molecule has 0 heterocycles. The zero-order valence-corrected chi connectivity index (χ0v) is 12.8. The van der Waals surface area contributed by atoms with E-state index in [0.29, 0.717) is 12.4 Å². The molecule has 1 rings (SSSR count). The molecular formula is C13H17BrO3S. The second-order valence-corrected chi connectivity index (χ2v) is 6.34. The summed E-state index contributed by atoms with van der Waals surface area (Å²) >= 11 is 4.78. The van der Waals surface area contributed by atoms with E-state index in [0.717, 1.165) is 10.2 Å². The van der Waals surface area contributed by atoms with E-state index in [1.54, 1.807) is 0 Å². The molecule has 18 heavy (non-hydrogen) atoms. The molecule has 0 aliphatic heterocycles. The first-order valence-corrected chi connectivity index (χ1v) is 7.57. The number of benzene rings is 1. The summed E-state index contributed by atoms with van der Waals surface area (Å²) in [4.78, 5) is 11.0. The molecule has 0 saturated carbocycles. The van der Waals surface area contributed by atoms with Crippen molar-refractivity contribution >= 4 is 33.7 Å². The molecule has 1 aromatic carbocycles. The Balaban J connectivity index is 2.29. The Labute approximate surface area is 120 Å². The number of carboxylic acids is 1. The predicted octanol–water partition coefficient (Wildman–Crippen LogP) is 3.67. The van der Waals surface area contributed by atoms with E-state index in [-0.39, 0.29) is 11.2 Å². The zero-order chi connectivity index (χ0) is 13.5. The minimum absolute atomic E-state index is 0.125. The molecule has 1 N–H and O–H groups in total. The Hall–Kier alpha value is -0.680. The van der Waals surface area contributed by atoms with Gasteiger partial charge in [0.2, 0.25) is 0 Å². The third kappa shape index (κ3) is 5.31. The highest BCUT2D eigenvalue weighted by atomic mass is 79.9. The minimum atomic E-state index is -0.751. The van der Waals surface area contributed by atoms with Gasteiger partial charge in [-0.25, -0.2) is 0 Å². The lowest BCUT2D eigenvalue weighted by atomic mass is 10.1. The molecule has 1 aromatic rings. The maximum atomic E-state index is 11.0. The van der Waals surface area contributed by atoms with E-state index in [9.17, 15) is 4.79 Å². The molecule has 1 unspecified atom stereocenters. The lowest BCUT2D eigenvalue weighted by Gasteiger charge is -2.15. The van der Waals surface area contributed by atoms with Crippen LogP contribution in [0.15, 0.2) is 28.7 Å². The summed E-state index contributed by atoms with van der Waals surface area (Å²) in [7, 11) is 0. The lowest BCUT2D eigenvalue weighted by molar-refractivity contribution is -0.137. The van der Waals surface area contributed by atoms with Gasteiger partial charge in [0.15, 0.2) is 0 Å². The van der Waals surface area contributed by atoms with Crippen molar-refractivity contribution in [2.45, 2.75) is 19.1 Å². The summed E-state index contributed by atoms with van der Waals surface area (Å²) in [6.07, 6.45) is 0. The van der Waals surface area contributed by atoms with Gasteiger partial charge < -0.3 is 9.84 Å². The quantitative estimate of drug-likeness (QED) is 0.774. The summed E-state index contributed by atoms with van der Waals surface area (Å²) in [5, 5.41) is 8.66. The van der Waals surface area contributed by atoms with E-state index < -0.39 is 5.97 Å². The van der Waals surface area contributed by atoms with Crippen molar-refractivity contribution in [1.82, 2.24) is 0 Å². The van der Waals surface area contributed by atoms with Crippen LogP contribution in [0.25, 0.3) is 0 Å². The first-order chi connectivity index (χ1) is 8.50. The number of hydrogen-bond donors (Lipinski definition) is 1. The number of hydrogen-bond acceptors (Lipinski definition) is 3. The van der Waals surface area contributed by atoms with Crippen molar-refractivity contribution in [1.29, 1.82) is 0 Å². The average Bonchev–Trinajstić information content (AvgIpc) is 2.30. The van der Waals surface area contributed by atoms with E-state index >= 15 is 0 Å². The fraction of sp³-hybridized carbons (Fsp3) is 0.462. The second kappa shape index (κ2) is 7.69. The molecule has 0 aliphatic carbocycles. The van der Waals surface area contributed by atoms with Gasteiger partial charge in [-0.2, -0.15) is 0 Å². The Bertz CT molecular complexity index is 378. The Morgan fingerprint density at radius 1 is 1.39 bits per heavy atom. The third-order valence-corrected chi connectivity index (χ3v) is 4.35. The van der Waals surface area contributed by atoms with Crippen LogP contribution < -0.4 is 4.74 Å². The molecule has 3 nitrogen and oxygen atoms in total. The summed E-state index contributed by atoms with van der Waals surface area (Å²) in [5.41, 5.74) is 0. The molecule has 0 bridgehead atoms. The molecule has 0 saturated heterocycles. The molecule has 0 radical (unpaired) electrons. The summed E-state index contributed by atoms with van der Waals surface area (Å²) < 4.78 is 6.55. The van der Waals surface area contributed by atoms with Crippen molar-refractivity contribution in [3.63, 3.8) is 0 Å². The number of thioether (sulfide) groups is 1. The largest absolute Gasteiger partial charge is 0.493 e. The molecule has 0 aliphatic rings. The van der Waals surface area contributed by atoms with Crippen LogP contribution in [0.4, 0.5) is 0 Å². The monoisotopic (exact) mass is 332 g/mol. The molecule has 1 atom stereocenters. The Morgan fingerprint density at radius 2 is 2.00 bits per heavy atom. The van der Waals surface area contributed by atoms with Gasteiger partial charge in [0.05, 0.1) is 6.61 Å². The first kappa shape index (κ1) is 15.4. The van der Waals surface area contributed by atoms with Crippen molar-refractivity contribution in [2.75, 3.05) is 12.4 Å². The topological polar surface area (TPSA) is 46.5 Å². The van der Waals surface area contributed by atoms with Crippen LogP contribution in [-0.4, -0.2) is 28.7 Å². The molecular weight excluding hydrogens is 316 g/mol. The van der Waals surface area contributed by atoms with Crippen molar-refractivity contribution < 1.29 is 14.6 Å². The maximum absolute atomic E-state index is 11.0. The highest BCUT2D eigenvalue weighted by molar-refractivity contribution is 9.10. The highest BCUT2D eigenvalue weighted by Crippen LogP contribution is 2.20. The lowest BCUT2D eigenvalue weighted by Crippen LogP contribution is -2.23. The molecule has 100 valence electrons. The normalized spacial score (nSPS) is 12.4. The number of halogens is 1. The predicted molar refractivity (Wildman–Crippen MR) is 78.4 cm³/mol. The highest BCUT2D eigenvalue weighted by Gasteiger charge is 2.21. The number of carboxylic acid groups (broad SMARTS) is 1. The smallest absolute Gasteiger partial charge is 0.316 e. The Kier molecular flexibility index (Phi) is 6.57. The summed E-state index contributed by atoms with van der Waals surface area (Å²) in [6, 6.07) is 7.59. The number of aliphatic carboxylic acids is 1. The van der Waals surface area contributed by atoms with Crippen LogP contribution in [0.5, 0.6) is 5.75 Å². The van der Waals surface area contributed by atoms with Crippen LogP contribution >= 0.6 is 27.7 Å². The SMILES string of the molecule is CC(C)C(SCCOc1ccc(Br)cc1)C(=O)O. The van der Waals surface area contributed by atoms with Gasteiger partial charge in [-0.05, 0) is 30.2 Å². The van der Waals surface area contributed by atoms with Crippen LogP contribution in [0.3, 0.4) is 0 Å². The van der Waals surface area contributed by atoms with Gasteiger partial charge in [-0.1, -0.05) is 29.8 Å². The molecule has 0 amide bonds. The fourth-order valence-electron chi connectivity index (χ4n) is 1.41. The average molecular weight is 333 g/mol. The van der Waals surface area contributed by atoms with Gasteiger partial charge in [0, 0.05) is 10.2 Å². The minimum Gasteiger partial charge on any atom is -0.493 e. The Morgan fingerprint density at radius 3 is 2.50 bits per heavy atom. The molecule has 0 spiro atoms. The maximum Gasteiger partial charge on any atom is 0.316 e. The molecule has 0 aromatic heterocycles. The van der Waals surface area contributed by atoms with Gasteiger partial charge in [0.25, 0.3) is 0 Å². The van der Waals surface area contributed by atoms with Crippen LogP contribution in [-0.2, 0) is 4.79 Å². The van der Waals surface area contributed by atoms with E-state index in [4.69, 9.17) is 9.84 Å².